The van der Waals surface area contributed by atoms with E-state index in [0.29, 0.717) is 27.7 Å². The highest BCUT2D eigenvalue weighted by atomic mass is 35.5. The fourth-order valence-corrected chi connectivity index (χ4v) is 2.28. The van der Waals surface area contributed by atoms with Gasteiger partial charge in [-0.05, 0) is 36.8 Å². The van der Waals surface area contributed by atoms with Gasteiger partial charge in [0.1, 0.15) is 5.82 Å². The van der Waals surface area contributed by atoms with Crippen LogP contribution in [0.3, 0.4) is 0 Å². The highest BCUT2D eigenvalue weighted by Gasteiger charge is 2.09. The van der Waals surface area contributed by atoms with Gasteiger partial charge in [-0.1, -0.05) is 29.8 Å². The van der Waals surface area contributed by atoms with Crippen molar-refractivity contribution in [2.45, 2.75) is 6.92 Å². The molecule has 0 aliphatic carbocycles. The molecule has 1 aromatic heterocycles. The van der Waals surface area contributed by atoms with Gasteiger partial charge in [0, 0.05) is 28.7 Å². The second kappa shape index (κ2) is 6.76. The monoisotopic (exact) mass is 341 g/mol. The fraction of sp³-hybridized carbons (Fsp3) is 0.0556. The van der Waals surface area contributed by atoms with Crippen molar-refractivity contribution in [3.63, 3.8) is 0 Å². The summed E-state index contributed by atoms with van der Waals surface area (Å²) in [5, 5.41) is 3.31. The number of carbonyl (C=O) groups excluding carboxylic acids is 1. The van der Waals surface area contributed by atoms with E-state index < -0.39 is 0 Å². The predicted molar refractivity (Wildman–Crippen MR) is 91.6 cm³/mol. The zero-order chi connectivity index (χ0) is 17.1. The zero-order valence-electron chi connectivity index (χ0n) is 12.8. The normalized spacial score (nSPS) is 10.5. The lowest BCUT2D eigenvalue weighted by Crippen LogP contribution is -2.12. The van der Waals surface area contributed by atoms with E-state index in [1.165, 1.54) is 24.5 Å². The maximum atomic E-state index is 13.2. The van der Waals surface area contributed by atoms with Crippen LogP contribution in [0.4, 0.5) is 10.1 Å². The van der Waals surface area contributed by atoms with Crippen LogP contribution in [0.1, 0.15) is 15.9 Å². The number of anilines is 1. The quantitative estimate of drug-likeness (QED) is 0.763. The summed E-state index contributed by atoms with van der Waals surface area (Å²) in [4.78, 5) is 20.5. The highest BCUT2D eigenvalue weighted by molar-refractivity contribution is 6.31. The fourth-order valence-electron chi connectivity index (χ4n) is 2.10. The van der Waals surface area contributed by atoms with Crippen LogP contribution in [0.5, 0.6) is 0 Å². The number of aryl methyl sites for hydroxylation is 1. The average molecular weight is 342 g/mol. The molecule has 6 heteroatoms. The maximum absolute atomic E-state index is 13.2. The molecule has 1 N–H and O–H groups in total. The summed E-state index contributed by atoms with van der Waals surface area (Å²) in [6.45, 7) is 1.88. The minimum atomic E-state index is -0.367. The van der Waals surface area contributed by atoms with Crippen LogP contribution in [0.2, 0.25) is 5.02 Å². The third-order valence-corrected chi connectivity index (χ3v) is 3.83. The van der Waals surface area contributed by atoms with E-state index in [4.69, 9.17) is 11.6 Å². The Bertz CT molecular complexity index is 897. The molecule has 0 bridgehead atoms. The molecule has 0 unspecified atom stereocenters. The Morgan fingerprint density at radius 3 is 2.54 bits per heavy atom. The highest BCUT2D eigenvalue weighted by Crippen LogP contribution is 2.21. The van der Waals surface area contributed by atoms with E-state index in [2.05, 4.69) is 15.3 Å². The van der Waals surface area contributed by atoms with Crippen molar-refractivity contribution in [3.8, 4) is 11.4 Å². The van der Waals surface area contributed by atoms with Crippen LogP contribution in [0.25, 0.3) is 11.4 Å². The Labute approximate surface area is 143 Å². The molecule has 0 aliphatic rings. The van der Waals surface area contributed by atoms with Crippen LogP contribution in [0, 0.1) is 12.7 Å². The number of benzene rings is 2. The number of hydrogen-bond acceptors (Lipinski definition) is 3. The lowest BCUT2D eigenvalue weighted by Gasteiger charge is -2.07. The Balaban J connectivity index is 1.77. The Morgan fingerprint density at radius 2 is 1.88 bits per heavy atom. The first-order valence-corrected chi connectivity index (χ1v) is 7.56. The number of hydrogen-bond donors (Lipinski definition) is 1. The van der Waals surface area contributed by atoms with Crippen LogP contribution in [-0.4, -0.2) is 15.9 Å². The molecule has 24 heavy (non-hydrogen) atoms. The Hall–Kier alpha value is -2.79. The van der Waals surface area contributed by atoms with Gasteiger partial charge in [-0.3, -0.25) is 4.79 Å². The summed E-state index contributed by atoms with van der Waals surface area (Å²) >= 11 is 6.04. The predicted octanol–water partition coefficient (Wildman–Crippen LogP) is 4.50. The van der Waals surface area contributed by atoms with Gasteiger partial charge in [0.15, 0.2) is 5.82 Å². The summed E-state index contributed by atoms with van der Waals surface area (Å²) in [5.41, 5.74) is 2.36. The summed E-state index contributed by atoms with van der Waals surface area (Å²) in [5.74, 6) is -0.362. The molecule has 0 saturated carbocycles. The largest absolute Gasteiger partial charge is 0.322 e. The van der Waals surface area contributed by atoms with Gasteiger partial charge in [-0.15, -0.1) is 0 Å². The molecule has 1 heterocycles. The molecule has 3 rings (SSSR count). The minimum Gasteiger partial charge on any atom is -0.322 e. The van der Waals surface area contributed by atoms with E-state index >= 15 is 0 Å². The second-order valence-electron chi connectivity index (χ2n) is 5.22. The van der Waals surface area contributed by atoms with Gasteiger partial charge in [-0.2, -0.15) is 0 Å². The van der Waals surface area contributed by atoms with Gasteiger partial charge in [0.05, 0.1) is 5.56 Å². The summed E-state index contributed by atoms with van der Waals surface area (Å²) in [6, 6.07) is 11.2. The number of nitrogens with one attached hydrogen (secondary N) is 1. The molecular weight excluding hydrogens is 329 g/mol. The standard InChI is InChI=1S/C18H13ClFN3O/c1-11-5-6-15(8-16(11)19)23-18(24)13-9-21-17(22-10-13)12-3-2-4-14(20)7-12/h2-10H,1H3,(H,23,24). The summed E-state index contributed by atoms with van der Waals surface area (Å²) in [7, 11) is 0. The SMILES string of the molecule is Cc1ccc(NC(=O)c2cnc(-c3cccc(F)c3)nc2)cc1Cl. The molecule has 1 amide bonds. The van der Waals surface area contributed by atoms with E-state index in [9.17, 15) is 9.18 Å². The van der Waals surface area contributed by atoms with Crippen molar-refractivity contribution < 1.29 is 9.18 Å². The first-order chi connectivity index (χ1) is 11.5. The first kappa shape index (κ1) is 16.1. The lowest BCUT2D eigenvalue weighted by molar-refractivity contribution is 0.102. The van der Waals surface area contributed by atoms with Gasteiger partial charge >= 0.3 is 0 Å². The number of carbonyl (C=O) groups is 1. The number of amides is 1. The molecule has 0 radical (unpaired) electrons. The van der Waals surface area contributed by atoms with E-state index in [-0.39, 0.29) is 11.7 Å². The number of rotatable bonds is 3. The van der Waals surface area contributed by atoms with E-state index in [0.717, 1.165) is 5.56 Å². The summed E-state index contributed by atoms with van der Waals surface area (Å²) < 4.78 is 13.2. The van der Waals surface area contributed by atoms with E-state index in [1.807, 2.05) is 13.0 Å². The summed E-state index contributed by atoms with van der Waals surface area (Å²) in [6.07, 6.45) is 2.80. The minimum absolute atomic E-state index is 0.298. The molecule has 0 fully saturated rings. The van der Waals surface area contributed by atoms with Gasteiger partial charge in [0.2, 0.25) is 0 Å². The van der Waals surface area contributed by atoms with Crippen LogP contribution in [0.15, 0.2) is 54.9 Å². The molecule has 0 spiro atoms. The van der Waals surface area contributed by atoms with Crippen molar-refractivity contribution in [2.24, 2.45) is 0 Å². The maximum Gasteiger partial charge on any atom is 0.258 e. The third-order valence-electron chi connectivity index (χ3n) is 3.43. The van der Waals surface area contributed by atoms with Crippen molar-refractivity contribution in [3.05, 3.63) is 76.8 Å². The molecule has 120 valence electrons. The molecule has 2 aromatic carbocycles. The van der Waals surface area contributed by atoms with Crippen LogP contribution in [-0.2, 0) is 0 Å². The zero-order valence-corrected chi connectivity index (χ0v) is 13.5. The van der Waals surface area contributed by atoms with Crippen molar-refractivity contribution in [1.29, 1.82) is 0 Å². The van der Waals surface area contributed by atoms with Gasteiger partial charge in [0.25, 0.3) is 5.91 Å². The first-order valence-electron chi connectivity index (χ1n) is 7.18. The second-order valence-corrected chi connectivity index (χ2v) is 5.63. The van der Waals surface area contributed by atoms with Crippen molar-refractivity contribution >= 4 is 23.2 Å². The van der Waals surface area contributed by atoms with Crippen molar-refractivity contribution in [2.75, 3.05) is 5.32 Å². The van der Waals surface area contributed by atoms with Crippen molar-refractivity contribution in [1.82, 2.24) is 9.97 Å². The molecule has 0 saturated heterocycles. The molecule has 3 aromatic rings. The molecular formula is C18H13ClFN3O. The van der Waals surface area contributed by atoms with Gasteiger partial charge < -0.3 is 5.32 Å². The number of halogens is 2. The lowest BCUT2D eigenvalue weighted by atomic mass is 10.2. The smallest absolute Gasteiger partial charge is 0.258 e. The average Bonchev–Trinajstić information content (AvgIpc) is 2.58. The van der Waals surface area contributed by atoms with Crippen LogP contribution >= 0.6 is 11.6 Å². The van der Waals surface area contributed by atoms with E-state index in [1.54, 1.807) is 24.3 Å². The molecule has 0 atom stereocenters. The number of aromatic nitrogens is 2. The molecule has 4 nitrogen and oxygen atoms in total. The Morgan fingerprint density at radius 1 is 1.12 bits per heavy atom. The number of nitrogens with zero attached hydrogens (tertiary/aromatic N) is 2. The topological polar surface area (TPSA) is 54.9 Å². The van der Waals surface area contributed by atoms with Crippen LogP contribution < -0.4 is 5.32 Å². The molecule has 0 aliphatic heterocycles. The van der Waals surface area contributed by atoms with Gasteiger partial charge in [-0.25, -0.2) is 14.4 Å². The Kier molecular flexibility index (Phi) is 4.53. The third kappa shape index (κ3) is 3.58.